The van der Waals surface area contributed by atoms with Gasteiger partial charge in [-0.25, -0.2) is 0 Å². The lowest BCUT2D eigenvalue weighted by Crippen LogP contribution is -2.00. The fraction of sp³-hybridized carbons (Fsp3) is 0.273. The second-order valence-electron chi connectivity index (χ2n) is 3.34. The van der Waals surface area contributed by atoms with Crippen LogP contribution in [0.3, 0.4) is 0 Å². The molecule has 0 bridgehead atoms. The molecule has 1 aromatic carbocycles. The summed E-state index contributed by atoms with van der Waals surface area (Å²) < 4.78 is 10.2. The third-order valence-electron chi connectivity index (χ3n) is 2.19. The first-order valence-electron chi connectivity index (χ1n) is 4.82. The van der Waals surface area contributed by atoms with Crippen LogP contribution in [0.25, 0.3) is 0 Å². The summed E-state index contributed by atoms with van der Waals surface area (Å²) in [4.78, 5) is 0. The van der Waals surface area contributed by atoms with Crippen LogP contribution in [-0.4, -0.2) is 22.4 Å². The zero-order valence-corrected chi connectivity index (χ0v) is 9.04. The molecule has 16 heavy (non-hydrogen) atoms. The summed E-state index contributed by atoms with van der Waals surface area (Å²) in [6.07, 6.45) is -0.920. The van der Waals surface area contributed by atoms with Crippen molar-refractivity contribution < 1.29 is 14.3 Å². The number of aliphatic hydroxyl groups excluding tert-OH is 1. The summed E-state index contributed by atoms with van der Waals surface area (Å²) in [6, 6.07) is 7.09. The number of aromatic nitrogens is 2. The van der Waals surface area contributed by atoms with Gasteiger partial charge in [0.2, 0.25) is 11.8 Å². The zero-order valence-electron chi connectivity index (χ0n) is 9.04. The summed E-state index contributed by atoms with van der Waals surface area (Å²) in [5.74, 6) is 1.29. The van der Waals surface area contributed by atoms with Gasteiger partial charge in [0, 0.05) is 6.92 Å². The second kappa shape index (κ2) is 4.32. The Morgan fingerprint density at radius 3 is 2.81 bits per heavy atom. The Morgan fingerprint density at radius 1 is 1.38 bits per heavy atom. The van der Waals surface area contributed by atoms with E-state index in [2.05, 4.69) is 10.2 Å². The van der Waals surface area contributed by atoms with Crippen LogP contribution in [0.5, 0.6) is 5.75 Å². The SMILES string of the molecule is COc1cccc(C(O)c2nnc(C)o2)c1. The highest BCUT2D eigenvalue weighted by atomic mass is 16.5. The Morgan fingerprint density at radius 2 is 2.19 bits per heavy atom. The topological polar surface area (TPSA) is 68.4 Å². The van der Waals surface area contributed by atoms with Gasteiger partial charge in [-0.05, 0) is 17.7 Å². The number of benzene rings is 1. The molecule has 2 rings (SSSR count). The quantitative estimate of drug-likeness (QED) is 0.848. The van der Waals surface area contributed by atoms with E-state index in [1.807, 2.05) is 0 Å². The predicted molar refractivity (Wildman–Crippen MR) is 56.1 cm³/mol. The molecule has 1 unspecified atom stereocenters. The van der Waals surface area contributed by atoms with Crippen LogP contribution in [0.4, 0.5) is 0 Å². The van der Waals surface area contributed by atoms with Gasteiger partial charge in [0.15, 0.2) is 6.10 Å². The standard InChI is InChI=1S/C11H12N2O3/c1-7-12-13-11(16-7)10(14)8-4-3-5-9(6-8)15-2/h3-6,10,14H,1-2H3. The van der Waals surface area contributed by atoms with Gasteiger partial charge in [0.05, 0.1) is 7.11 Å². The molecule has 0 fully saturated rings. The van der Waals surface area contributed by atoms with Crippen LogP contribution >= 0.6 is 0 Å². The molecule has 84 valence electrons. The Bertz CT molecular complexity index is 482. The largest absolute Gasteiger partial charge is 0.497 e. The Hall–Kier alpha value is -1.88. The van der Waals surface area contributed by atoms with Crippen molar-refractivity contribution in [3.05, 3.63) is 41.6 Å². The first-order valence-corrected chi connectivity index (χ1v) is 4.82. The van der Waals surface area contributed by atoms with Gasteiger partial charge in [-0.2, -0.15) is 0 Å². The van der Waals surface area contributed by atoms with Crippen molar-refractivity contribution in [2.45, 2.75) is 13.0 Å². The van der Waals surface area contributed by atoms with E-state index >= 15 is 0 Å². The molecule has 2 aromatic rings. The summed E-state index contributed by atoms with van der Waals surface area (Å²) in [6.45, 7) is 1.68. The van der Waals surface area contributed by atoms with E-state index in [0.717, 1.165) is 0 Å². The maximum absolute atomic E-state index is 9.97. The lowest BCUT2D eigenvalue weighted by atomic mass is 10.1. The molecule has 1 atom stereocenters. The van der Waals surface area contributed by atoms with Crippen molar-refractivity contribution in [2.24, 2.45) is 0 Å². The predicted octanol–water partition coefficient (Wildman–Crippen LogP) is 1.47. The molecular formula is C11H12N2O3. The lowest BCUT2D eigenvalue weighted by molar-refractivity contribution is 0.180. The lowest BCUT2D eigenvalue weighted by Gasteiger charge is -2.07. The minimum absolute atomic E-state index is 0.186. The van der Waals surface area contributed by atoms with E-state index in [-0.39, 0.29) is 5.89 Å². The number of hydrogen-bond donors (Lipinski definition) is 1. The van der Waals surface area contributed by atoms with Crippen molar-refractivity contribution in [1.82, 2.24) is 10.2 Å². The minimum Gasteiger partial charge on any atom is -0.497 e. The molecule has 0 aliphatic heterocycles. The fourth-order valence-corrected chi connectivity index (χ4v) is 1.38. The molecule has 1 heterocycles. The molecule has 5 heteroatoms. The second-order valence-corrected chi connectivity index (χ2v) is 3.34. The van der Waals surface area contributed by atoms with Gasteiger partial charge in [-0.15, -0.1) is 10.2 Å². The highest BCUT2D eigenvalue weighted by molar-refractivity contribution is 5.31. The molecular weight excluding hydrogens is 208 g/mol. The number of ether oxygens (including phenoxy) is 1. The molecule has 0 saturated heterocycles. The molecule has 0 aliphatic carbocycles. The van der Waals surface area contributed by atoms with Gasteiger partial charge in [-0.1, -0.05) is 12.1 Å². The van der Waals surface area contributed by atoms with Crippen molar-refractivity contribution in [2.75, 3.05) is 7.11 Å². The van der Waals surface area contributed by atoms with Crippen molar-refractivity contribution in [1.29, 1.82) is 0 Å². The van der Waals surface area contributed by atoms with E-state index in [0.29, 0.717) is 17.2 Å². The molecule has 0 spiro atoms. The van der Waals surface area contributed by atoms with E-state index in [9.17, 15) is 5.11 Å². The van der Waals surface area contributed by atoms with Crippen LogP contribution in [0.15, 0.2) is 28.7 Å². The normalized spacial score (nSPS) is 12.4. The number of aryl methyl sites for hydroxylation is 1. The average Bonchev–Trinajstić information content (AvgIpc) is 2.75. The van der Waals surface area contributed by atoms with Gasteiger partial charge >= 0.3 is 0 Å². The molecule has 0 aliphatic rings. The third-order valence-corrected chi connectivity index (χ3v) is 2.19. The third kappa shape index (κ3) is 2.04. The summed E-state index contributed by atoms with van der Waals surface area (Å²) in [5, 5.41) is 17.4. The molecule has 0 saturated carbocycles. The van der Waals surface area contributed by atoms with Crippen LogP contribution in [0, 0.1) is 6.92 Å². The smallest absolute Gasteiger partial charge is 0.249 e. The molecule has 0 radical (unpaired) electrons. The molecule has 1 aromatic heterocycles. The maximum Gasteiger partial charge on any atom is 0.249 e. The Labute approximate surface area is 92.7 Å². The Kier molecular flexibility index (Phi) is 2.87. The van der Waals surface area contributed by atoms with Crippen LogP contribution in [0.1, 0.15) is 23.4 Å². The number of hydrogen-bond acceptors (Lipinski definition) is 5. The van der Waals surface area contributed by atoms with Crippen molar-refractivity contribution in [3.63, 3.8) is 0 Å². The highest BCUT2D eigenvalue weighted by Gasteiger charge is 2.17. The summed E-state index contributed by atoms with van der Waals surface area (Å²) >= 11 is 0. The van der Waals surface area contributed by atoms with Crippen LogP contribution in [-0.2, 0) is 0 Å². The summed E-state index contributed by atoms with van der Waals surface area (Å²) in [7, 11) is 1.57. The monoisotopic (exact) mass is 220 g/mol. The van der Waals surface area contributed by atoms with Gasteiger partial charge in [0.1, 0.15) is 5.75 Å². The zero-order chi connectivity index (χ0) is 11.5. The number of aliphatic hydroxyl groups is 1. The van der Waals surface area contributed by atoms with Gasteiger partial charge < -0.3 is 14.3 Å². The molecule has 5 nitrogen and oxygen atoms in total. The van der Waals surface area contributed by atoms with E-state index in [4.69, 9.17) is 9.15 Å². The average molecular weight is 220 g/mol. The maximum atomic E-state index is 9.97. The van der Waals surface area contributed by atoms with Gasteiger partial charge in [0.25, 0.3) is 0 Å². The first kappa shape index (κ1) is 10.6. The first-order chi connectivity index (χ1) is 7.70. The summed E-state index contributed by atoms with van der Waals surface area (Å²) in [5.41, 5.74) is 0.656. The Balaban J connectivity index is 2.29. The van der Waals surface area contributed by atoms with Gasteiger partial charge in [-0.3, -0.25) is 0 Å². The molecule has 1 N–H and O–H groups in total. The number of methoxy groups -OCH3 is 1. The van der Waals surface area contributed by atoms with Crippen molar-refractivity contribution >= 4 is 0 Å². The van der Waals surface area contributed by atoms with E-state index in [1.165, 1.54) is 0 Å². The molecule has 0 amide bonds. The number of nitrogens with zero attached hydrogens (tertiary/aromatic N) is 2. The van der Waals surface area contributed by atoms with E-state index < -0.39 is 6.10 Å². The fourth-order valence-electron chi connectivity index (χ4n) is 1.38. The number of rotatable bonds is 3. The van der Waals surface area contributed by atoms with Crippen LogP contribution < -0.4 is 4.74 Å². The van der Waals surface area contributed by atoms with Crippen molar-refractivity contribution in [3.8, 4) is 5.75 Å². The van der Waals surface area contributed by atoms with Crippen LogP contribution in [0.2, 0.25) is 0 Å². The minimum atomic E-state index is -0.920. The highest BCUT2D eigenvalue weighted by Crippen LogP contribution is 2.23. The van der Waals surface area contributed by atoms with E-state index in [1.54, 1.807) is 38.3 Å².